The summed E-state index contributed by atoms with van der Waals surface area (Å²) in [6.07, 6.45) is -5.51. The summed E-state index contributed by atoms with van der Waals surface area (Å²) in [5.41, 5.74) is -0.823. The van der Waals surface area contributed by atoms with Gasteiger partial charge >= 0.3 is 18.3 Å². The molecule has 1 aromatic heterocycles. The van der Waals surface area contributed by atoms with E-state index in [0.717, 1.165) is 35.6 Å². The van der Waals surface area contributed by atoms with Gasteiger partial charge in [-0.25, -0.2) is 9.78 Å². The van der Waals surface area contributed by atoms with E-state index in [1.165, 1.54) is 24.3 Å². The van der Waals surface area contributed by atoms with E-state index in [0.29, 0.717) is 26.9 Å². The zero-order chi connectivity index (χ0) is 28.4. The number of allylic oxidation sites excluding steroid dienone is 4. The molecule has 206 valence electrons. The van der Waals surface area contributed by atoms with Crippen molar-refractivity contribution >= 4 is 17.3 Å². The fraction of sp³-hybridized carbons (Fsp3) is 0.259. The molecule has 0 spiro atoms. The van der Waals surface area contributed by atoms with Gasteiger partial charge in [-0.2, -0.15) is 26.3 Å². The van der Waals surface area contributed by atoms with Crippen molar-refractivity contribution in [3.8, 4) is 22.8 Å². The maximum absolute atomic E-state index is 13.4. The van der Waals surface area contributed by atoms with E-state index in [-0.39, 0.29) is 24.3 Å². The summed E-state index contributed by atoms with van der Waals surface area (Å²) in [4.78, 5) is 15.6. The van der Waals surface area contributed by atoms with Crippen LogP contribution in [0.5, 0.6) is 11.5 Å². The zero-order valence-corrected chi connectivity index (χ0v) is 21.1. The molecule has 1 aliphatic rings. The van der Waals surface area contributed by atoms with Gasteiger partial charge < -0.3 is 14.6 Å². The van der Waals surface area contributed by atoms with Gasteiger partial charge in [-0.3, -0.25) is 0 Å². The van der Waals surface area contributed by atoms with Crippen LogP contribution >= 0.6 is 11.3 Å². The van der Waals surface area contributed by atoms with Crippen molar-refractivity contribution in [2.24, 2.45) is 0 Å². The van der Waals surface area contributed by atoms with E-state index in [4.69, 9.17) is 14.6 Å². The molecule has 39 heavy (non-hydrogen) atoms. The summed E-state index contributed by atoms with van der Waals surface area (Å²) in [6.45, 7) is 1.09. The maximum atomic E-state index is 13.4. The van der Waals surface area contributed by atoms with Gasteiger partial charge in [0.15, 0.2) is 6.61 Å². The number of thiazole rings is 1. The molecular weight excluding hydrogens is 548 g/mol. The van der Waals surface area contributed by atoms with Crippen molar-refractivity contribution in [2.45, 2.75) is 38.2 Å². The Bertz CT molecular complexity index is 1420. The zero-order valence-electron chi connectivity index (χ0n) is 20.3. The second-order valence-corrected chi connectivity index (χ2v) is 9.78. The summed E-state index contributed by atoms with van der Waals surface area (Å²) >= 11 is 1.07. The number of aryl methyl sites for hydroxylation is 1. The van der Waals surface area contributed by atoms with E-state index >= 15 is 0 Å². The van der Waals surface area contributed by atoms with Crippen molar-refractivity contribution < 1.29 is 45.7 Å². The van der Waals surface area contributed by atoms with Crippen molar-refractivity contribution in [1.29, 1.82) is 0 Å². The first-order chi connectivity index (χ1) is 18.3. The van der Waals surface area contributed by atoms with Crippen molar-refractivity contribution in [1.82, 2.24) is 4.98 Å². The Labute approximate surface area is 223 Å². The van der Waals surface area contributed by atoms with Crippen LogP contribution < -0.4 is 9.47 Å². The molecule has 2 aromatic carbocycles. The number of halogens is 6. The normalized spacial score (nSPS) is 15.7. The largest absolute Gasteiger partial charge is 0.486 e. The van der Waals surface area contributed by atoms with E-state index in [1.54, 1.807) is 19.1 Å². The lowest BCUT2D eigenvalue weighted by molar-refractivity contribution is -0.139. The fourth-order valence-electron chi connectivity index (χ4n) is 3.95. The Morgan fingerprint density at radius 1 is 1.08 bits per heavy atom. The molecule has 0 fully saturated rings. The van der Waals surface area contributed by atoms with Gasteiger partial charge in [0.2, 0.25) is 0 Å². The van der Waals surface area contributed by atoms with Crippen LogP contribution in [0.2, 0.25) is 0 Å². The smallest absolute Gasteiger partial charge is 0.416 e. The lowest BCUT2D eigenvalue weighted by Crippen LogP contribution is -2.13. The highest BCUT2D eigenvalue weighted by Gasteiger charge is 2.35. The standard InChI is InChI=1S/C27H21F6NO4S/c1-15-10-20(8-9-21(15)38-14-23(35)36)37-13-22-34-24(16-4-2-6-18(11-16)26(28,29)30)25(39-22)17-5-3-7-19(12-17)27(31,32)33/h2-4,6-12,17H,5,13-14H2,1H3,(H,35,36)/t17-/m1/s1. The number of aromatic nitrogens is 1. The maximum Gasteiger partial charge on any atom is 0.416 e. The van der Waals surface area contributed by atoms with Gasteiger partial charge in [-0.05, 0) is 49.2 Å². The van der Waals surface area contributed by atoms with Crippen LogP contribution in [-0.2, 0) is 17.6 Å². The molecule has 1 aliphatic carbocycles. The minimum Gasteiger partial charge on any atom is -0.486 e. The number of carbonyl (C=O) groups is 1. The van der Waals surface area contributed by atoms with Gasteiger partial charge in [0, 0.05) is 16.4 Å². The SMILES string of the molecule is Cc1cc(OCc2nc(-c3cccc(C(F)(F)F)c3)c([C@H]3C=C(C(F)(F)F)C=CC3)s2)ccc1OCC(=O)O. The second kappa shape index (κ2) is 11.1. The second-order valence-electron chi connectivity index (χ2n) is 8.66. The summed E-state index contributed by atoms with van der Waals surface area (Å²) in [6, 6.07) is 9.20. The molecule has 0 amide bonds. The summed E-state index contributed by atoms with van der Waals surface area (Å²) in [5.74, 6) is -1.12. The number of benzene rings is 2. The number of hydrogen-bond acceptors (Lipinski definition) is 5. The van der Waals surface area contributed by atoms with Crippen molar-refractivity contribution in [3.63, 3.8) is 0 Å². The van der Waals surface area contributed by atoms with Gasteiger partial charge in [0.25, 0.3) is 0 Å². The van der Waals surface area contributed by atoms with E-state index < -0.39 is 42.0 Å². The lowest BCUT2D eigenvalue weighted by Gasteiger charge is -2.18. The third-order valence-electron chi connectivity index (χ3n) is 5.75. The average molecular weight is 570 g/mol. The van der Waals surface area contributed by atoms with Crippen LogP contribution in [0, 0.1) is 6.92 Å². The van der Waals surface area contributed by atoms with Crippen LogP contribution in [0.25, 0.3) is 11.3 Å². The molecule has 0 radical (unpaired) electrons. The Kier molecular flexibility index (Phi) is 8.05. The molecule has 1 N–H and O–H groups in total. The van der Waals surface area contributed by atoms with Gasteiger partial charge in [-0.1, -0.05) is 30.4 Å². The fourth-order valence-corrected chi connectivity index (χ4v) is 5.04. The van der Waals surface area contributed by atoms with Crippen molar-refractivity contribution in [2.75, 3.05) is 6.61 Å². The minimum absolute atomic E-state index is 0.0935. The van der Waals surface area contributed by atoms with Gasteiger partial charge in [-0.15, -0.1) is 11.3 Å². The van der Waals surface area contributed by atoms with E-state index in [1.807, 2.05) is 0 Å². The number of hydrogen-bond donors (Lipinski definition) is 1. The molecule has 12 heteroatoms. The van der Waals surface area contributed by atoms with Crippen molar-refractivity contribution in [3.05, 3.63) is 87.3 Å². The third-order valence-corrected chi connectivity index (χ3v) is 6.91. The molecule has 1 atom stereocenters. The number of carboxylic acids is 1. The number of alkyl halides is 6. The molecule has 0 unspecified atom stereocenters. The molecule has 0 saturated carbocycles. The first kappa shape index (κ1) is 28.2. The lowest BCUT2D eigenvalue weighted by atomic mass is 9.92. The molecule has 0 bridgehead atoms. The molecular formula is C27H21F6NO4S. The quantitative estimate of drug-likeness (QED) is 0.282. The molecule has 0 aliphatic heterocycles. The first-order valence-corrected chi connectivity index (χ1v) is 12.3. The van der Waals surface area contributed by atoms with E-state index in [9.17, 15) is 31.1 Å². The number of rotatable bonds is 8. The number of ether oxygens (including phenoxy) is 2. The topological polar surface area (TPSA) is 68.7 Å². The summed E-state index contributed by atoms with van der Waals surface area (Å²) in [5, 5.41) is 9.13. The number of aliphatic carboxylic acids is 1. The molecule has 1 heterocycles. The summed E-state index contributed by atoms with van der Waals surface area (Å²) in [7, 11) is 0. The van der Waals surface area contributed by atoms with Crippen LogP contribution in [0.4, 0.5) is 26.3 Å². The highest BCUT2D eigenvalue weighted by molar-refractivity contribution is 7.12. The minimum atomic E-state index is -4.60. The molecule has 0 saturated heterocycles. The van der Waals surface area contributed by atoms with Crippen LogP contribution in [0.3, 0.4) is 0 Å². The number of carboxylic acid groups (broad SMARTS) is 1. The Morgan fingerprint density at radius 3 is 2.51 bits per heavy atom. The highest BCUT2D eigenvalue weighted by atomic mass is 32.1. The van der Waals surface area contributed by atoms with Gasteiger partial charge in [0.05, 0.1) is 16.8 Å². The monoisotopic (exact) mass is 569 g/mol. The Balaban J connectivity index is 1.65. The summed E-state index contributed by atoms with van der Waals surface area (Å²) < 4.78 is 91.2. The highest BCUT2D eigenvalue weighted by Crippen LogP contribution is 2.42. The van der Waals surface area contributed by atoms with Crippen LogP contribution in [-0.4, -0.2) is 28.8 Å². The Hall–Kier alpha value is -3.80. The third kappa shape index (κ3) is 6.99. The van der Waals surface area contributed by atoms with Crippen LogP contribution in [0.15, 0.2) is 66.3 Å². The molecule has 3 aromatic rings. The first-order valence-electron chi connectivity index (χ1n) is 11.5. The average Bonchev–Trinajstić information content (AvgIpc) is 3.30. The predicted octanol–water partition coefficient (Wildman–Crippen LogP) is 7.71. The number of nitrogens with zero attached hydrogens (tertiary/aromatic N) is 1. The molecule has 5 nitrogen and oxygen atoms in total. The molecule has 4 rings (SSSR count). The van der Waals surface area contributed by atoms with Crippen LogP contribution in [0.1, 0.15) is 33.4 Å². The Morgan fingerprint density at radius 2 is 1.85 bits per heavy atom. The van der Waals surface area contributed by atoms with Gasteiger partial charge in [0.1, 0.15) is 23.1 Å². The van der Waals surface area contributed by atoms with E-state index in [2.05, 4.69) is 4.98 Å². The predicted molar refractivity (Wildman–Crippen MR) is 132 cm³/mol.